The fourth-order valence-electron chi connectivity index (χ4n) is 1.80. The molecule has 1 aromatic carbocycles. The minimum Gasteiger partial charge on any atom is -0.495 e. The Hall–Kier alpha value is -1.26. The molecule has 0 atom stereocenters. The molecule has 16 heavy (non-hydrogen) atoms. The van der Waals surface area contributed by atoms with Crippen molar-refractivity contribution in [3.63, 3.8) is 0 Å². The van der Waals surface area contributed by atoms with E-state index in [2.05, 4.69) is 14.1 Å². The van der Waals surface area contributed by atoms with Gasteiger partial charge in [0.05, 0.1) is 33.4 Å². The molecule has 1 rings (SSSR count). The van der Waals surface area contributed by atoms with Crippen molar-refractivity contribution >= 4 is 5.69 Å². The Morgan fingerprint density at radius 2 is 2.00 bits per heavy atom. The number of likely N-dealkylation sites (N-methyl/N-ethyl adjacent to an activating group) is 1. The van der Waals surface area contributed by atoms with Gasteiger partial charge in [-0.2, -0.15) is 0 Å². The molecule has 0 radical (unpaired) electrons. The van der Waals surface area contributed by atoms with Gasteiger partial charge in [-0.3, -0.25) is 0 Å². The second kappa shape index (κ2) is 5.18. The largest absolute Gasteiger partial charge is 0.495 e. The van der Waals surface area contributed by atoms with E-state index in [9.17, 15) is 0 Å². The highest BCUT2D eigenvalue weighted by molar-refractivity contribution is 5.54. The number of hydrogen-bond acceptors (Lipinski definition) is 3. The Kier molecular flexibility index (Phi) is 4.15. The molecule has 90 valence electrons. The second-order valence-corrected chi connectivity index (χ2v) is 4.68. The van der Waals surface area contributed by atoms with Crippen LogP contribution in [0.5, 0.6) is 5.75 Å². The number of methoxy groups -OCH3 is 1. The Bertz CT molecular complexity index is 350. The average Bonchev–Trinajstić information content (AvgIpc) is 2.17. The molecule has 0 aliphatic rings. The van der Waals surface area contributed by atoms with E-state index in [4.69, 9.17) is 16.2 Å². The third kappa shape index (κ3) is 3.40. The molecule has 0 fully saturated rings. The third-order valence-electron chi connectivity index (χ3n) is 2.64. The zero-order valence-electron chi connectivity index (χ0n) is 10.4. The predicted molar refractivity (Wildman–Crippen MR) is 67.1 cm³/mol. The number of anilines is 1. The topological polar surface area (TPSA) is 61.3 Å². The van der Waals surface area contributed by atoms with Gasteiger partial charge in [0, 0.05) is 12.1 Å². The van der Waals surface area contributed by atoms with Crippen molar-refractivity contribution in [1.82, 2.24) is 0 Å². The summed E-state index contributed by atoms with van der Waals surface area (Å²) in [7, 11) is 5.94. The Morgan fingerprint density at radius 3 is 2.50 bits per heavy atom. The highest BCUT2D eigenvalue weighted by Gasteiger charge is 2.15. The lowest BCUT2D eigenvalue weighted by molar-refractivity contribution is -0.902. The molecule has 4 N–H and O–H groups in total. The summed E-state index contributed by atoms with van der Waals surface area (Å²) in [5, 5.41) is 0. The van der Waals surface area contributed by atoms with Crippen LogP contribution in [0.1, 0.15) is 5.56 Å². The van der Waals surface area contributed by atoms with Crippen LogP contribution >= 0.6 is 0 Å². The van der Waals surface area contributed by atoms with Crippen molar-refractivity contribution in [3.05, 3.63) is 23.8 Å². The molecule has 1 aromatic rings. The molecule has 0 heterocycles. The molecule has 0 amide bonds. The number of hydrogen-bond donors (Lipinski definition) is 2. The van der Waals surface area contributed by atoms with Gasteiger partial charge in [0.15, 0.2) is 0 Å². The van der Waals surface area contributed by atoms with Gasteiger partial charge in [0.1, 0.15) is 12.3 Å². The maximum Gasteiger partial charge on any atom is 0.141 e. The smallest absolute Gasteiger partial charge is 0.141 e. The maximum atomic E-state index is 5.87. The lowest BCUT2D eigenvalue weighted by Gasteiger charge is -2.29. The lowest BCUT2D eigenvalue weighted by Crippen LogP contribution is -2.42. The van der Waals surface area contributed by atoms with Gasteiger partial charge in [0.2, 0.25) is 0 Å². The molecule has 4 nitrogen and oxygen atoms in total. The van der Waals surface area contributed by atoms with E-state index in [1.807, 2.05) is 18.2 Å². The van der Waals surface area contributed by atoms with Gasteiger partial charge in [-0.05, 0) is 18.2 Å². The minimum atomic E-state index is 0.688. The summed E-state index contributed by atoms with van der Waals surface area (Å²) >= 11 is 0. The van der Waals surface area contributed by atoms with E-state index in [1.54, 1.807) is 7.11 Å². The molecule has 0 spiro atoms. The summed E-state index contributed by atoms with van der Waals surface area (Å²) in [5.41, 5.74) is 13.3. The van der Waals surface area contributed by atoms with Gasteiger partial charge >= 0.3 is 0 Å². The number of nitrogens with two attached hydrogens (primary N) is 2. The fourth-order valence-corrected chi connectivity index (χ4v) is 1.80. The second-order valence-electron chi connectivity index (χ2n) is 4.68. The first kappa shape index (κ1) is 12.8. The molecule has 0 aliphatic heterocycles. The van der Waals surface area contributed by atoms with Gasteiger partial charge in [-0.1, -0.05) is 0 Å². The van der Waals surface area contributed by atoms with Crippen LogP contribution < -0.4 is 16.2 Å². The van der Waals surface area contributed by atoms with Crippen molar-refractivity contribution in [3.8, 4) is 5.75 Å². The molecular weight excluding hydrogens is 202 g/mol. The van der Waals surface area contributed by atoms with Gasteiger partial charge < -0.3 is 20.7 Å². The molecule has 0 saturated heterocycles. The molecule has 0 unspecified atom stereocenters. The van der Waals surface area contributed by atoms with Crippen LogP contribution in [0.2, 0.25) is 0 Å². The number of ether oxygens (including phenoxy) is 1. The quantitative estimate of drug-likeness (QED) is 0.575. The van der Waals surface area contributed by atoms with Gasteiger partial charge in [0.25, 0.3) is 0 Å². The van der Waals surface area contributed by atoms with E-state index in [1.165, 1.54) is 5.56 Å². The first-order chi connectivity index (χ1) is 7.48. The molecule has 0 aromatic heterocycles. The van der Waals surface area contributed by atoms with Crippen LogP contribution in [0.25, 0.3) is 0 Å². The summed E-state index contributed by atoms with van der Waals surface area (Å²) in [6.07, 6.45) is 0. The fraction of sp³-hybridized carbons (Fsp3) is 0.500. The van der Waals surface area contributed by atoms with Gasteiger partial charge in [-0.25, -0.2) is 0 Å². The summed E-state index contributed by atoms with van der Waals surface area (Å²) in [4.78, 5) is 0. The predicted octanol–water partition coefficient (Wildman–Crippen LogP) is 0.813. The van der Waals surface area contributed by atoms with E-state index >= 15 is 0 Å². The SMILES string of the molecule is COc1ccc(C[N+](C)(C)CCN)cc1N. The van der Waals surface area contributed by atoms with Crippen molar-refractivity contribution in [1.29, 1.82) is 0 Å². The van der Waals surface area contributed by atoms with Crippen LogP contribution in [0, 0.1) is 0 Å². The van der Waals surface area contributed by atoms with Crippen LogP contribution in [0.3, 0.4) is 0 Å². The Labute approximate surface area is 97.4 Å². The third-order valence-corrected chi connectivity index (χ3v) is 2.64. The molecule has 4 heteroatoms. The number of nitrogen functional groups attached to an aromatic ring is 1. The Morgan fingerprint density at radius 1 is 1.31 bits per heavy atom. The van der Waals surface area contributed by atoms with E-state index < -0.39 is 0 Å². The first-order valence-corrected chi connectivity index (χ1v) is 5.43. The molecule has 0 aliphatic carbocycles. The summed E-state index contributed by atoms with van der Waals surface area (Å²) < 4.78 is 5.99. The molecule has 0 bridgehead atoms. The van der Waals surface area contributed by atoms with Crippen molar-refractivity contribution < 1.29 is 9.22 Å². The van der Waals surface area contributed by atoms with Crippen LogP contribution in [-0.4, -0.2) is 38.8 Å². The zero-order chi connectivity index (χ0) is 12.2. The van der Waals surface area contributed by atoms with Gasteiger partial charge in [-0.15, -0.1) is 0 Å². The van der Waals surface area contributed by atoms with Crippen molar-refractivity contribution in [2.75, 3.05) is 40.0 Å². The average molecular weight is 224 g/mol. The summed E-state index contributed by atoms with van der Waals surface area (Å²) in [6, 6.07) is 5.92. The lowest BCUT2D eigenvalue weighted by atomic mass is 10.1. The Balaban J connectivity index is 2.78. The number of nitrogens with zero attached hydrogens (tertiary/aromatic N) is 1. The van der Waals surface area contributed by atoms with Crippen LogP contribution in [0.4, 0.5) is 5.69 Å². The van der Waals surface area contributed by atoms with E-state index in [0.717, 1.165) is 23.3 Å². The zero-order valence-corrected chi connectivity index (χ0v) is 10.4. The number of quaternary nitrogens is 1. The van der Waals surface area contributed by atoms with E-state index in [-0.39, 0.29) is 0 Å². The highest BCUT2D eigenvalue weighted by Crippen LogP contribution is 2.23. The van der Waals surface area contributed by atoms with Crippen molar-refractivity contribution in [2.45, 2.75) is 6.54 Å². The number of rotatable bonds is 5. The van der Waals surface area contributed by atoms with Crippen LogP contribution in [-0.2, 0) is 6.54 Å². The summed E-state index contributed by atoms with van der Waals surface area (Å²) in [5.74, 6) is 0.730. The molecule has 0 saturated carbocycles. The van der Waals surface area contributed by atoms with Crippen LogP contribution in [0.15, 0.2) is 18.2 Å². The molecular formula is C12H22N3O+. The standard InChI is InChI=1S/C12H22N3O/c1-15(2,7-6-13)9-10-4-5-12(16-3)11(14)8-10/h4-5,8H,6-7,9,13-14H2,1-3H3/q+1. The minimum absolute atomic E-state index is 0.688. The normalized spacial score (nSPS) is 11.5. The maximum absolute atomic E-state index is 5.87. The monoisotopic (exact) mass is 224 g/mol. The summed E-state index contributed by atoms with van der Waals surface area (Å²) in [6.45, 7) is 2.57. The number of benzene rings is 1. The van der Waals surface area contributed by atoms with E-state index in [0.29, 0.717) is 12.2 Å². The first-order valence-electron chi connectivity index (χ1n) is 5.43. The van der Waals surface area contributed by atoms with Crippen molar-refractivity contribution in [2.24, 2.45) is 5.73 Å². The highest BCUT2D eigenvalue weighted by atomic mass is 16.5.